The summed E-state index contributed by atoms with van der Waals surface area (Å²) in [7, 11) is 0. The Morgan fingerprint density at radius 1 is 0.968 bits per heavy atom. The summed E-state index contributed by atoms with van der Waals surface area (Å²) in [4.78, 5) is 16.8. The predicted molar refractivity (Wildman–Crippen MR) is 116 cm³/mol. The number of carbonyl (C=O) groups is 1. The molecular weight excluding hydrogens is 469 g/mol. The van der Waals surface area contributed by atoms with E-state index < -0.39 is 17.5 Å². The van der Waals surface area contributed by atoms with Crippen molar-refractivity contribution < 1.29 is 13.6 Å². The standard InChI is InChI=1S/C21H11Cl3F2N4O/c22-16-6-11(25)2-3-13(16)14-8-17(23)15(9-19(14)26)21(31)29-12-7-18(24)20(27-10-12)30-5-1-4-28-30/h1-10H,(H,29,31). The first-order chi connectivity index (χ1) is 14.8. The molecular formula is C21H11Cl3F2N4O. The van der Waals surface area contributed by atoms with Gasteiger partial charge in [0.1, 0.15) is 11.6 Å². The Labute approximate surface area is 190 Å². The molecule has 1 amide bonds. The van der Waals surface area contributed by atoms with Gasteiger partial charge in [0.15, 0.2) is 5.82 Å². The maximum absolute atomic E-state index is 14.7. The van der Waals surface area contributed by atoms with Crippen molar-refractivity contribution in [3.63, 3.8) is 0 Å². The lowest BCUT2D eigenvalue weighted by molar-refractivity contribution is 0.102. The molecule has 0 saturated heterocycles. The minimum atomic E-state index is -0.742. The third-order valence-electron chi connectivity index (χ3n) is 4.32. The van der Waals surface area contributed by atoms with E-state index in [-0.39, 0.29) is 37.4 Å². The number of benzene rings is 2. The Balaban J connectivity index is 1.61. The highest BCUT2D eigenvalue weighted by Crippen LogP contribution is 2.34. The van der Waals surface area contributed by atoms with E-state index in [9.17, 15) is 13.6 Å². The second-order valence-corrected chi connectivity index (χ2v) is 7.59. The molecule has 4 aromatic rings. The number of hydrogen-bond donors (Lipinski definition) is 1. The molecule has 156 valence electrons. The molecule has 0 fully saturated rings. The summed E-state index contributed by atoms with van der Waals surface area (Å²) in [5.41, 5.74) is 0.473. The van der Waals surface area contributed by atoms with Gasteiger partial charge in [0.05, 0.1) is 32.5 Å². The lowest BCUT2D eigenvalue weighted by Crippen LogP contribution is -2.14. The van der Waals surface area contributed by atoms with E-state index in [2.05, 4.69) is 15.4 Å². The first-order valence-corrected chi connectivity index (χ1v) is 9.88. The number of nitrogens with one attached hydrogen (secondary N) is 1. The van der Waals surface area contributed by atoms with Gasteiger partial charge in [0.25, 0.3) is 5.91 Å². The molecule has 4 rings (SSSR count). The molecule has 0 aliphatic rings. The van der Waals surface area contributed by atoms with E-state index in [0.717, 1.165) is 18.2 Å². The van der Waals surface area contributed by atoms with Gasteiger partial charge in [-0.25, -0.2) is 18.4 Å². The Morgan fingerprint density at radius 2 is 1.77 bits per heavy atom. The maximum Gasteiger partial charge on any atom is 0.257 e. The zero-order valence-corrected chi connectivity index (χ0v) is 17.7. The minimum absolute atomic E-state index is 0.0125. The van der Waals surface area contributed by atoms with Crippen molar-refractivity contribution in [2.75, 3.05) is 5.32 Å². The average Bonchev–Trinajstić information content (AvgIpc) is 3.24. The number of halogens is 5. The third-order valence-corrected chi connectivity index (χ3v) is 5.23. The van der Waals surface area contributed by atoms with Crippen molar-refractivity contribution in [3.05, 3.63) is 93.3 Å². The van der Waals surface area contributed by atoms with Crippen LogP contribution in [0.1, 0.15) is 10.4 Å². The molecule has 2 aromatic carbocycles. The van der Waals surface area contributed by atoms with Crippen molar-refractivity contribution >= 4 is 46.4 Å². The minimum Gasteiger partial charge on any atom is -0.320 e. The van der Waals surface area contributed by atoms with Gasteiger partial charge < -0.3 is 5.32 Å². The average molecular weight is 480 g/mol. The molecule has 0 bridgehead atoms. The molecule has 0 unspecified atom stereocenters. The molecule has 0 spiro atoms. The van der Waals surface area contributed by atoms with E-state index in [1.54, 1.807) is 18.5 Å². The molecule has 5 nitrogen and oxygen atoms in total. The van der Waals surface area contributed by atoms with Crippen LogP contribution >= 0.6 is 34.8 Å². The fourth-order valence-electron chi connectivity index (χ4n) is 2.90. The van der Waals surface area contributed by atoms with Crippen LogP contribution in [0.2, 0.25) is 15.1 Å². The number of pyridine rings is 1. The highest BCUT2D eigenvalue weighted by molar-refractivity contribution is 6.36. The van der Waals surface area contributed by atoms with Crippen LogP contribution in [0.5, 0.6) is 0 Å². The molecule has 0 aliphatic carbocycles. The topological polar surface area (TPSA) is 59.8 Å². The van der Waals surface area contributed by atoms with Crippen LogP contribution in [0, 0.1) is 11.6 Å². The molecule has 0 radical (unpaired) electrons. The van der Waals surface area contributed by atoms with Crippen LogP contribution in [0.4, 0.5) is 14.5 Å². The summed E-state index contributed by atoms with van der Waals surface area (Å²) in [5, 5.41) is 6.88. The van der Waals surface area contributed by atoms with Crippen molar-refractivity contribution in [1.29, 1.82) is 0 Å². The van der Waals surface area contributed by atoms with Gasteiger partial charge in [-0.1, -0.05) is 34.8 Å². The number of anilines is 1. The predicted octanol–water partition coefficient (Wildman–Crippen LogP) is 6.43. The lowest BCUT2D eigenvalue weighted by Gasteiger charge is -2.12. The van der Waals surface area contributed by atoms with Crippen molar-refractivity contribution in [3.8, 4) is 16.9 Å². The summed E-state index contributed by atoms with van der Waals surface area (Å²) >= 11 is 18.5. The van der Waals surface area contributed by atoms with Crippen molar-refractivity contribution in [2.45, 2.75) is 0 Å². The number of nitrogens with zero attached hydrogens (tertiary/aromatic N) is 3. The first kappa shape index (κ1) is 21.2. The van der Waals surface area contributed by atoms with E-state index in [4.69, 9.17) is 34.8 Å². The van der Waals surface area contributed by atoms with Crippen LogP contribution in [-0.2, 0) is 0 Å². The highest BCUT2D eigenvalue weighted by atomic mass is 35.5. The van der Waals surface area contributed by atoms with Gasteiger partial charge >= 0.3 is 0 Å². The molecule has 2 heterocycles. The van der Waals surface area contributed by atoms with E-state index >= 15 is 0 Å². The van der Waals surface area contributed by atoms with E-state index in [1.165, 1.54) is 29.1 Å². The highest BCUT2D eigenvalue weighted by Gasteiger charge is 2.18. The van der Waals surface area contributed by atoms with Crippen LogP contribution in [-0.4, -0.2) is 20.7 Å². The molecule has 1 N–H and O–H groups in total. The number of carbonyl (C=O) groups excluding carboxylic acids is 1. The Kier molecular flexibility index (Phi) is 5.91. The van der Waals surface area contributed by atoms with Gasteiger partial charge in [-0.05, 0) is 42.5 Å². The maximum atomic E-state index is 14.7. The normalized spacial score (nSPS) is 10.9. The summed E-state index contributed by atoms with van der Waals surface area (Å²) in [6.45, 7) is 0. The smallest absolute Gasteiger partial charge is 0.257 e. The quantitative estimate of drug-likeness (QED) is 0.367. The van der Waals surface area contributed by atoms with E-state index in [1.807, 2.05) is 0 Å². The first-order valence-electron chi connectivity index (χ1n) is 8.75. The fraction of sp³-hybridized carbons (Fsp3) is 0. The van der Waals surface area contributed by atoms with Crippen LogP contribution in [0.15, 0.2) is 61.1 Å². The van der Waals surface area contributed by atoms with Crippen molar-refractivity contribution in [1.82, 2.24) is 14.8 Å². The van der Waals surface area contributed by atoms with Crippen molar-refractivity contribution in [2.24, 2.45) is 0 Å². The summed E-state index contributed by atoms with van der Waals surface area (Å²) in [5.74, 6) is -1.57. The monoisotopic (exact) mass is 478 g/mol. The van der Waals surface area contributed by atoms with E-state index in [0.29, 0.717) is 5.82 Å². The number of hydrogen-bond acceptors (Lipinski definition) is 3. The van der Waals surface area contributed by atoms with Gasteiger partial charge in [-0.2, -0.15) is 5.10 Å². The second kappa shape index (κ2) is 8.63. The molecule has 2 aromatic heterocycles. The lowest BCUT2D eigenvalue weighted by atomic mass is 10.0. The Bertz CT molecular complexity index is 1300. The number of aromatic nitrogens is 3. The SMILES string of the molecule is O=C(Nc1cnc(-n2cccn2)c(Cl)c1)c1cc(F)c(-c2ccc(F)cc2Cl)cc1Cl. The molecule has 31 heavy (non-hydrogen) atoms. The number of rotatable bonds is 4. The van der Waals surface area contributed by atoms with Gasteiger partial charge in [-0.3, -0.25) is 4.79 Å². The van der Waals surface area contributed by atoms with Crippen LogP contribution < -0.4 is 5.32 Å². The third kappa shape index (κ3) is 4.39. The Morgan fingerprint density at radius 3 is 2.45 bits per heavy atom. The zero-order valence-electron chi connectivity index (χ0n) is 15.4. The molecule has 0 aliphatic heterocycles. The second-order valence-electron chi connectivity index (χ2n) is 6.37. The molecule has 0 atom stereocenters. The van der Waals surface area contributed by atoms with Crippen LogP contribution in [0.3, 0.4) is 0 Å². The summed E-state index contributed by atoms with van der Waals surface area (Å²) in [6, 6.07) is 9.00. The Hall–Kier alpha value is -3.00. The summed E-state index contributed by atoms with van der Waals surface area (Å²) in [6.07, 6.45) is 4.63. The number of amides is 1. The largest absolute Gasteiger partial charge is 0.320 e. The van der Waals surface area contributed by atoms with Gasteiger partial charge in [0, 0.05) is 23.5 Å². The molecule has 10 heteroatoms. The van der Waals surface area contributed by atoms with Gasteiger partial charge in [-0.15, -0.1) is 0 Å². The fourth-order valence-corrected chi connectivity index (χ4v) is 3.67. The van der Waals surface area contributed by atoms with Crippen LogP contribution in [0.25, 0.3) is 16.9 Å². The van der Waals surface area contributed by atoms with Gasteiger partial charge in [0.2, 0.25) is 0 Å². The zero-order chi connectivity index (χ0) is 22.1. The molecule has 0 saturated carbocycles. The summed E-state index contributed by atoms with van der Waals surface area (Å²) < 4.78 is 29.5.